The van der Waals surface area contributed by atoms with E-state index >= 15 is 0 Å². The molecule has 0 saturated carbocycles. The van der Waals surface area contributed by atoms with Crippen LogP contribution in [0.3, 0.4) is 0 Å². The first kappa shape index (κ1) is 26.8. The maximum Gasteiger partial charge on any atom is 0.416 e. The van der Waals surface area contributed by atoms with Crippen molar-refractivity contribution in [1.29, 1.82) is 0 Å². The van der Waals surface area contributed by atoms with Crippen LogP contribution in [0.1, 0.15) is 16.7 Å². The maximum absolute atomic E-state index is 13.1. The third-order valence-electron chi connectivity index (χ3n) is 5.07. The minimum atomic E-state index is -4.53. The van der Waals surface area contributed by atoms with E-state index in [4.69, 9.17) is 33.3 Å². The average molecular weight is 662 g/mol. The molecule has 1 aliphatic heterocycles. The van der Waals surface area contributed by atoms with Crippen molar-refractivity contribution in [3.05, 3.63) is 90.9 Å². The summed E-state index contributed by atoms with van der Waals surface area (Å²) >= 11 is 14.4. The Morgan fingerprint density at radius 3 is 2.53 bits per heavy atom. The van der Waals surface area contributed by atoms with E-state index in [0.717, 1.165) is 37.9 Å². The van der Waals surface area contributed by atoms with Crippen LogP contribution in [0.5, 0.6) is 11.5 Å². The average Bonchev–Trinajstić information content (AvgIpc) is 3.11. The molecule has 0 radical (unpaired) electrons. The fraction of sp³-hybridized carbons (Fsp3) is 0.120. The van der Waals surface area contributed by atoms with Gasteiger partial charge in [0.2, 0.25) is 0 Å². The van der Waals surface area contributed by atoms with E-state index < -0.39 is 17.6 Å². The van der Waals surface area contributed by atoms with Crippen LogP contribution >= 0.6 is 58.2 Å². The number of anilines is 1. The van der Waals surface area contributed by atoms with Crippen molar-refractivity contribution < 1.29 is 27.4 Å². The van der Waals surface area contributed by atoms with E-state index in [1.165, 1.54) is 19.2 Å². The van der Waals surface area contributed by atoms with E-state index in [-0.39, 0.29) is 14.9 Å². The topological polar surface area (TPSA) is 38.8 Å². The number of nitrogens with zero attached hydrogens (tertiary/aromatic N) is 1. The molecule has 11 heteroatoms. The van der Waals surface area contributed by atoms with E-state index in [1.807, 2.05) is 18.2 Å². The number of rotatable bonds is 6. The normalized spacial score (nSPS) is 15.1. The molecular formula is C25H16ClF3INO3S2. The Labute approximate surface area is 233 Å². The number of carbonyl (C=O) groups is 1. The van der Waals surface area contributed by atoms with Gasteiger partial charge in [0.15, 0.2) is 15.8 Å². The molecule has 1 saturated heterocycles. The van der Waals surface area contributed by atoms with E-state index in [0.29, 0.717) is 28.7 Å². The zero-order valence-electron chi connectivity index (χ0n) is 18.4. The van der Waals surface area contributed by atoms with Crippen LogP contribution in [-0.4, -0.2) is 17.3 Å². The lowest BCUT2D eigenvalue weighted by atomic mass is 10.1. The first-order valence-corrected chi connectivity index (χ1v) is 12.9. The molecule has 3 aromatic carbocycles. The zero-order valence-corrected chi connectivity index (χ0v) is 23.0. The highest BCUT2D eigenvalue weighted by Gasteiger charge is 2.36. The summed E-state index contributed by atoms with van der Waals surface area (Å²) in [6.45, 7) is 0.304. The molecule has 1 fully saturated rings. The van der Waals surface area contributed by atoms with Gasteiger partial charge in [-0.15, -0.1) is 0 Å². The summed E-state index contributed by atoms with van der Waals surface area (Å²) in [4.78, 5) is 14.5. The molecule has 3 aromatic rings. The van der Waals surface area contributed by atoms with Gasteiger partial charge in [-0.2, -0.15) is 13.2 Å². The first-order valence-electron chi connectivity index (χ1n) is 10.3. The Kier molecular flexibility index (Phi) is 8.18. The Bertz CT molecular complexity index is 1360. The summed E-state index contributed by atoms with van der Waals surface area (Å²) in [5.74, 6) is 0.513. The quantitative estimate of drug-likeness (QED) is 0.152. The number of benzene rings is 3. The predicted molar refractivity (Wildman–Crippen MR) is 149 cm³/mol. The largest absolute Gasteiger partial charge is 0.493 e. The van der Waals surface area contributed by atoms with Gasteiger partial charge in [-0.05, 0) is 82.3 Å². The highest BCUT2D eigenvalue weighted by Crippen LogP contribution is 2.40. The molecule has 0 aromatic heterocycles. The summed E-state index contributed by atoms with van der Waals surface area (Å²) in [7, 11) is 1.51. The van der Waals surface area contributed by atoms with Crippen molar-refractivity contribution in [3.63, 3.8) is 0 Å². The summed E-state index contributed by atoms with van der Waals surface area (Å²) in [6.07, 6.45) is -2.91. The van der Waals surface area contributed by atoms with E-state index in [9.17, 15) is 18.0 Å². The Morgan fingerprint density at radius 1 is 1.14 bits per heavy atom. The molecule has 186 valence electrons. The number of thioether (sulfide) groups is 1. The minimum absolute atomic E-state index is 0.0637. The molecule has 0 aliphatic carbocycles. The molecule has 1 aliphatic rings. The number of carbonyl (C=O) groups excluding carboxylic acids is 1. The minimum Gasteiger partial charge on any atom is -0.493 e. The predicted octanol–water partition coefficient (Wildman–Crippen LogP) is 7.96. The third-order valence-corrected chi connectivity index (χ3v) is 7.43. The molecule has 0 bridgehead atoms. The number of alkyl halides is 3. The first-order chi connectivity index (χ1) is 17.1. The number of methoxy groups -OCH3 is 1. The van der Waals surface area contributed by atoms with Crippen LogP contribution in [0.15, 0.2) is 65.6 Å². The zero-order chi connectivity index (χ0) is 26.0. The maximum atomic E-state index is 13.1. The molecule has 4 nitrogen and oxygen atoms in total. The fourth-order valence-electron chi connectivity index (χ4n) is 3.36. The number of thiocarbonyl (C=S) groups is 1. The van der Waals surface area contributed by atoms with Crippen LogP contribution < -0.4 is 14.4 Å². The fourth-order valence-corrected chi connectivity index (χ4v) is 5.57. The van der Waals surface area contributed by atoms with E-state index in [1.54, 1.807) is 24.3 Å². The van der Waals surface area contributed by atoms with Crippen molar-refractivity contribution in [2.75, 3.05) is 12.0 Å². The van der Waals surface area contributed by atoms with E-state index in [2.05, 4.69) is 22.6 Å². The SMILES string of the molecule is COc1cc(/C=C2\SC(=S)N(c3cccc(C(F)(F)F)c3)C2=O)cc(I)c1OCc1ccc(Cl)cc1. The highest BCUT2D eigenvalue weighted by molar-refractivity contribution is 14.1. The molecule has 0 N–H and O–H groups in total. The molecule has 36 heavy (non-hydrogen) atoms. The van der Waals surface area contributed by atoms with Gasteiger partial charge in [0, 0.05) is 5.02 Å². The Hall–Kier alpha value is -2.28. The van der Waals surface area contributed by atoms with Gasteiger partial charge in [-0.3, -0.25) is 9.69 Å². The second-order valence-electron chi connectivity index (χ2n) is 7.51. The molecule has 0 unspecified atom stereocenters. The van der Waals surface area contributed by atoms with Crippen LogP contribution in [0.4, 0.5) is 18.9 Å². The molecule has 4 rings (SSSR count). The van der Waals surface area contributed by atoms with Crippen LogP contribution in [-0.2, 0) is 17.6 Å². The second kappa shape index (κ2) is 11.0. The summed E-state index contributed by atoms with van der Waals surface area (Å²) in [5.41, 5.74) is 0.791. The lowest BCUT2D eigenvalue weighted by Gasteiger charge is -2.16. The highest BCUT2D eigenvalue weighted by atomic mass is 127. The number of ether oxygens (including phenoxy) is 2. The number of hydrogen-bond acceptors (Lipinski definition) is 5. The van der Waals surface area contributed by atoms with Crippen LogP contribution in [0.2, 0.25) is 5.02 Å². The van der Waals surface area contributed by atoms with Gasteiger partial charge >= 0.3 is 6.18 Å². The van der Waals surface area contributed by atoms with Gasteiger partial charge in [-0.1, -0.05) is 53.8 Å². The molecule has 1 heterocycles. The lowest BCUT2D eigenvalue weighted by molar-refractivity contribution is -0.137. The van der Waals surface area contributed by atoms with Gasteiger partial charge in [0.1, 0.15) is 6.61 Å². The van der Waals surface area contributed by atoms with Crippen molar-refractivity contribution >= 4 is 80.2 Å². The molecule has 0 atom stereocenters. The number of halogens is 5. The van der Waals surface area contributed by atoms with Gasteiger partial charge in [0.25, 0.3) is 5.91 Å². The molecule has 1 amide bonds. The summed E-state index contributed by atoms with van der Waals surface area (Å²) < 4.78 is 51.8. The smallest absolute Gasteiger partial charge is 0.416 e. The van der Waals surface area contributed by atoms with Crippen molar-refractivity contribution in [2.45, 2.75) is 12.8 Å². The number of amides is 1. The lowest BCUT2D eigenvalue weighted by Crippen LogP contribution is -2.27. The summed E-state index contributed by atoms with van der Waals surface area (Å²) in [5, 5.41) is 0.633. The number of hydrogen-bond donors (Lipinski definition) is 0. The van der Waals surface area contributed by atoms with Gasteiger partial charge in [-0.25, -0.2) is 0 Å². The van der Waals surface area contributed by atoms with Crippen molar-refractivity contribution in [3.8, 4) is 11.5 Å². The monoisotopic (exact) mass is 661 g/mol. The standard InChI is InChI=1S/C25H16ClF3INO3S2/c1-33-20-10-15(9-19(30)22(20)34-13-14-5-7-17(26)8-6-14)11-21-23(32)31(24(35)36-21)18-4-2-3-16(12-18)25(27,28)29/h2-12H,13H2,1H3/b21-11-. The molecular weight excluding hydrogens is 646 g/mol. The Balaban J connectivity index is 1.58. The van der Waals surface area contributed by atoms with Crippen LogP contribution in [0, 0.1) is 3.57 Å². The van der Waals surface area contributed by atoms with Crippen molar-refractivity contribution in [2.24, 2.45) is 0 Å². The summed E-state index contributed by atoms with van der Waals surface area (Å²) in [6, 6.07) is 15.3. The van der Waals surface area contributed by atoms with Gasteiger partial charge < -0.3 is 9.47 Å². The third kappa shape index (κ3) is 5.99. The second-order valence-corrected chi connectivity index (χ2v) is 10.8. The van der Waals surface area contributed by atoms with Gasteiger partial charge in [0.05, 0.1) is 26.8 Å². The molecule has 0 spiro atoms. The van der Waals surface area contributed by atoms with Crippen molar-refractivity contribution in [1.82, 2.24) is 0 Å². The Morgan fingerprint density at radius 2 is 1.86 bits per heavy atom. The van der Waals surface area contributed by atoms with Crippen LogP contribution in [0.25, 0.3) is 6.08 Å².